The fourth-order valence-corrected chi connectivity index (χ4v) is 3.10. The molecule has 1 rings (SSSR count). The summed E-state index contributed by atoms with van der Waals surface area (Å²) < 4.78 is 51.7. The van der Waals surface area contributed by atoms with E-state index in [2.05, 4.69) is 5.32 Å². The van der Waals surface area contributed by atoms with Crippen molar-refractivity contribution in [3.8, 4) is 0 Å². The van der Waals surface area contributed by atoms with Gasteiger partial charge < -0.3 is 9.88 Å². The lowest BCUT2D eigenvalue weighted by Crippen LogP contribution is -2.31. The average Bonchev–Trinajstić information content (AvgIpc) is 2.79. The van der Waals surface area contributed by atoms with Crippen molar-refractivity contribution in [3.05, 3.63) is 18.0 Å². The van der Waals surface area contributed by atoms with Gasteiger partial charge in [-0.25, -0.2) is 17.2 Å². The zero-order valence-electron chi connectivity index (χ0n) is 12.8. The fraction of sp³-hybridized carbons (Fsp3) is 0.692. The third kappa shape index (κ3) is 4.76. The highest BCUT2D eigenvalue weighted by atomic mass is 32.2. The first-order valence-electron chi connectivity index (χ1n) is 6.85. The van der Waals surface area contributed by atoms with Gasteiger partial charge in [-0.3, -0.25) is 0 Å². The molecule has 0 spiro atoms. The number of aryl methyl sites for hydroxylation is 1. The first-order valence-corrected chi connectivity index (χ1v) is 8.29. The minimum Gasteiger partial charge on any atom is -0.349 e. The van der Waals surface area contributed by atoms with E-state index in [1.165, 1.54) is 12.3 Å². The molecule has 0 amide bonds. The first-order chi connectivity index (χ1) is 9.68. The maximum atomic E-state index is 12.4. The Kier molecular flexibility index (Phi) is 6.30. The summed E-state index contributed by atoms with van der Waals surface area (Å²) in [5, 5.41) is 3.21. The second-order valence-electron chi connectivity index (χ2n) is 5.17. The summed E-state index contributed by atoms with van der Waals surface area (Å²) in [6.45, 7) is 6.22. The summed E-state index contributed by atoms with van der Waals surface area (Å²) in [6.07, 6.45) is -1.20. The number of nitrogens with one attached hydrogen (secondary N) is 1. The van der Waals surface area contributed by atoms with Gasteiger partial charge in [-0.1, -0.05) is 13.8 Å². The molecular weight excluding hydrogens is 300 g/mol. The number of hydrogen-bond acceptors (Lipinski definition) is 3. The third-order valence-electron chi connectivity index (χ3n) is 3.10. The Labute approximate surface area is 125 Å². The van der Waals surface area contributed by atoms with E-state index >= 15 is 0 Å². The standard InChI is InChI=1S/C13H23F2N3O2S/c1-5-18-8-12(6-11(18)7-16-10(2)3)21(19,20)17(4)9-13(14)15/h6,8,10,13,16H,5,7,9H2,1-4H3. The predicted octanol–water partition coefficient (Wildman–Crippen LogP) is 1.89. The normalized spacial score (nSPS) is 12.8. The van der Waals surface area contributed by atoms with E-state index in [0.717, 1.165) is 12.7 Å². The van der Waals surface area contributed by atoms with Gasteiger partial charge in [0.15, 0.2) is 0 Å². The third-order valence-corrected chi connectivity index (χ3v) is 4.88. The van der Waals surface area contributed by atoms with Crippen molar-refractivity contribution >= 4 is 10.0 Å². The monoisotopic (exact) mass is 323 g/mol. The van der Waals surface area contributed by atoms with Crippen LogP contribution in [0.25, 0.3) is 0 Å². The van der Waals surface area contributed by atoms with Crippen LogP contribution in [0.1, 0.15) is 26.5 Å². The van der Waals surface area contributed by atoms with Crippen LogP contribution < -0.4 is 5.32 Å². The number of halogens is 2. The number of alkyl halides is 2. The fourth-order valence-electron chi connectivity index (χ4n) is 1.89. The summed E-state index contributed by atoms with van der Waals surface area (Å²) in [4.78, 5) is 0.0491. The Morgan fingerprint density at radius 2 is 2.00 bits per heavy atom. The van der Waals surface area contributed by atoms with E-state index in [4.69, 9.17) is 0 Å². The second-order valence-corrected chi connectivity index (χ2v) is 7.21. The molecule has 122 valence electrons. The molecule has 1 N–H and O–H groups in total. The van der Waals surface area contributed by atoms with Crippen LogP contribution in [-0.2, 0) is 23.1 Å². The second kappa shape index (κ2) is 7.33. The Balaban J connectivity index is 3.02. The molecule has 0 aliphatic rings. The lowest BCUT2D eigenvalue weighted by molar-refractivity contribution is 0.126. The average molecular weight is 323 g/mol. The van der Waals surface area contributed by atoms with Gasteiger partial charge in [0.05, 0.1) is 6.54 Å². The summed E-state index contributed by atoms with van der Waals surface area (Å²) in [7, 11) is -2.72. The Morgan fingerprint density at radius 3 is 2.48 bits per heavy atom. The van der Waals surface area contributed by atoms with Crippen LogP contribution in [0.4, 0.5) is 8.78 Å². The smallest absolute Gasteiger partial charge is 0.252 e. The van der Waals surface area contributed by atoms with Gasteiger partial charge in [0.1, 0.15) is 4.90 Å². The number of rotatable bonds is 8. The van der Waals surface area contributed by atoms with Crippen LogP contribution in [0.3, 0.4) is 0 Å². The van der Waals surface area contributed by atoms with Gasteiger partial charge in [-0.15, -0.1) is 0 Å². The largest absolute Gasteiger partial charge is 0.349 e. The molecule has 0 saturated heterocycles. The highest BCUT2D eigenvalue weighted by Gasteiger charge is 2.25. The van der Waals surface area contributed by atoms with Crippen LogP contribution in [-0.4, -0.2) is 43.3 Å². The summed E-state index contributed by atoms with van der Waals surface area (Å²) >= 11 is 0. The Morgan fingerprint density at radius 1 is 1.38 bits per heavy atom. The lowest BCUT2D eigenvalue weighted by atomic mass is 10.3. The molecule has 21 heavy (non-hydrogen) atoms. The highest BCUT2D eigenvalue weighted by Crippen LogP contribution is 2.19. The van der Waals surface area contributed by atoms with E-state index in [-0.39, 0.29) is 10.9 Å². The van der Waals surface area contributed by atoms with Crippen LogP contribution in [0, 0.1) is 0 Å². The minimum atomic E-state index is -3.88. The molecule has 0 radical (unpaired) electrons. The van der Waals surface area contributed by atoms with E-state index < -0.39 is 23.0 Å². The van der Waals surface area contributed by atoms with Gasteiger partial charge in [0.2, 0.25) is 10.0 Å². The zero-order chi connectivity index (χ0) is 16.2. The number of aromatic nitrogens is 1. The van der Waals surface area contributed by atoms with Crippen molar-refractivity contribution in [1.82, 2.24) is 14.2 Å². The van der Waals surface area contributed by atoms with Crippen molar-refractivity contribution in [2.75, 3.05) is 13.6 Å². The summed E-state index contributed by atoms with van der Waals surface area (Å²) in [5.74, 6) is 0. The minimum absolute atomic E-state index is 0.0491. The van der Waals surface area contributed by atoms with Gasteiger partial charge in [-0.2, -0.15) is 4.31 Å². The number of sulfonamides is 1. The first kappa shape index (κ1) is 18.1. The predicted molar refractivity (Wildman–Crippen MR) is 77.9 cm³/mol. The van der Waals surface area contributed by atoms with Crippen molar-refractivity contribution in [2.45, 2.75) is 51.2 Å². The van der Waals surface area contributed by atoms with Crippen LogP contribution >= 0.6 is 0 Å². The SMILES string of the molecule is CCn1cc(S(=O)(=O)N(C)CC(F)F)cc1CNC(C)C. The molecule has 0 atom stereocenters. The topological polar surface area (TPSA) is 54.3 Å². The van der Waals surface area contributed by atoms with E-state index in [0.29, 0.717) is 17.4 Å². The molecule has 0 fully saturated rings. The molecule has 0 bridgehead atoms. The van der Waals surface area contributed by atoms with E-state index in [9.17, 15) is 17.2 Å². The quantitative estimate of drug-likeness (QED) is 0.795. The van der Waals surface area contributed by atoms with Gasteiger partial charge in [-0.05, 0) is 13.0 Å². The Bertz CT molecular complexity index is 556. The molecule has 1 heterocycles. The molecule has 0 aliphatic heterocycles. The molecule has 0 aromatic carbocycles. The van der Waals surface area contributed by atoms with E-state index in [1.807, 2.05) is 20.8 Å². The van der Waals surface area contributed by atoms with Crippen LogP contribution in [0.2, 0.25) is 0 Å². The molecule has 1 aromatic heterocycles. The molecule has 0 unspecified atom stereocenters. The molecular formula is C13H23F2N3O2S. The van der Waals surface area contributed by atoms with Crippen molar-refractivity contribution in [1.29, 1.82) is 0 Å². The molecule has 0 saturated carbocycles. The van der Waals surface area contributed by atoms with Gasteiger partial charge in [0, 0.05) is 38.1 Å². The highest BCUT2D eigenvalue weighted by molar-refractivity contribution is 7.89. The molecule has 0 aliphatic carbocycles. The maximum absolute atomic E-state index is 12.4. The zero-order valence-corrected chi connectivity index (χ0v) is 13.6. The lowest BCUT2D eigenvalue weighted by Gasteiger charge is -2.15. The summed E-state index contributed by atoms with van der Waals surface area (Å²) in [6, 6.07) is 1.81. The number of hydrogen-bond donors (Lipinski definition) is 1. The molecule has 8 heteroatoms. The van der Waals surface area contributed by atoms with Crippen molar-refractivity contribution < 1.29 is 17.2 Å². The van der Waals surface area contributed by atoms with Crippen LogP contribution in [0.15, 0.2) is 17.2 Å². The molecule has 1 aromatic rings. The van der Waals surface area contributed by atoms with Gasteiger partial charge >= 0.3 is 0 Å². The van der Waals surface area contributed by atoms with Crippen molar-refractivity contribution in [3.63, 3.8) is 0 Å². The molecule has 5 nitrogen and oxygen atoms in total. The van der Waals surface area contributed by atoms with Gasteiger partial charge in [0.25, 0.3) is 6.43 Å². The van der Waals surface area contributed by atoms with Crippen LogP contribution in [0.5, 0.6) is 0 Å². The van der Waals surface area contributed by atoms with E-state index in [1.54, 1.807) is 4.57 Å². The summed E-state index contributed by atoms with van der Waals surface area (Å²) in [5.41, 5.74) is 0.815. The maximum Gasteiger partial charge on any atom is 0.252 e. The Hall–Kier alpha value is -0.990. The number of nitrogens with zero attached hydrogens (tertiary/aromatic N) is 2. The van der Waals surface area contributed by atoms with Crippen molar-refractivity contribution in [2.24, 2.45) is 0 Å².